The summed E-state index contributed by atoms with van der Waals surface area (Å²) in [5, 5.41) is 2.59. The van der Waals surface area contributed by atoms with Crippen molar-refractivity contribution in [2.24, 2.45) is 0 Å². The van der Waals surface area contributed by atoms with Crippen molar-refractivity contribution in [1.82, 2.24) is 9.88 Å². The Labute approximate surface area is 181 Å². The fraction of sp³-hybridized carbons (Fsp3) is 0.478. The maximum absolute atomic E-state index is 12.3. The van der Waals surface area contributed by atoms with Gasteiger partial charge in [-0.05, 0) is 31.7 Å². The minimum Gasteiger partial charge on any atom is -0.461 e. The SMILES string of the molecule is CCOC(=O)c1csc(CCCN2C(=O)CC[C@@H]2CCC(=O)Cc2ccccc2)n1. The average Bonchev–Trinajstić information content (AvgIpc) is 3.35. The number of hydrogen-bond donors (Lipinski definition) is 0. The molecule has 1 saturated heterocycles. The van der Waals surface area contributed by atoms with Gasteiger partial charge in [-0.1, -0.05) is 30.3 Å². The van der Waals surface area contributed by atoms with E-state index in [-0.39, 0.29) is 17.7 Å². The van der Waals surface area contributed by atoms with E-state index in [1.165, 1.54) is 11.3 Å². The highest BCUT2D eigenvalue weighted by atomic mass is 32.1. The van der Waals surface area contributed by atoms with Gasteiger partial charge in [0.25, 0.3) is 0 Å². The highest BCUT2D eigenvalue weighted by molar-refractivity contribution is 7.09. The predicted molar refractivity (Wildman–Crippen MR) is 116 cm³/mol. The number of ketones is 1. The number of benzene rings is 1. The number of esters is 1. The van der Waals surface area contributed by atoms with Crippen LogP contribution in [0.3, 0.4) is 0 Å². The van der Waals surface area contributed by atoms with Crippen LogP contribution in [-0.2, 0) is 27.2 Å². The van der Waals surface area contributed by atoms with Crippen molar-refractivity contribution >= 4 is 29.0 Å². The number of ether oxygens (including phenoxy) is 1. The molecular formula is C23H28N2O4S. The summed E-state index contributed by atoms with van der Waals surface area (Å²) in [5.74, 6) is -0.00778. The lowest BCUT2D eigenvalue weighted by atomic mass is 10.0. The Kier molecular flexibility index (Phi) is 8.13. The second-order valence-corrected chi connectivity index (χ2v) is 8.41. The first-order valence-corrected chi connectivity index (χ1v) is 11.4. The highest BCUT2D eigenvalue weighted by Crippen LogP contribution is 2.24. The summed E-state index contributed by atoms with van der Waals surface area (Å²) < 4.78 is 4.96. The van der Waals surface area contributed by atoms with E-state index in [4.69, 9.17) is 4.74 Å². The number of carbonyl (C=O) groups is 3. The Balaban J connectivity index is 1.43. The van der Waals surface area contributed by atoms with Gasteiger partial charge in [0.15, 0.2) is 5.69 Å². The van der Waals surface area contributed by atoms with Gasteiger partial charge in [-0.15, -0.1) is 11.3 Å². The number of hydrogen-bond acceptors (Lipinski definition) is 6. The van der Waals surface area contributed by atoms with Crippen LogP contribution in [0.4, 0.5) is 0 Å². The van der Waals surface area contributed by atoms with Crippen molar-refractivity contribution in [2.75, 3.05) is 13.2 Å². The molecule has 3 rings (SSSR count). The maximum Gasteiger partial charge on any atom is 0.357 e. The quantitative estimate of drug-likeness (QED) is 0.508. The van der Waals surface area contributed by atoms with Crippen molar-refractivity contribution < 1.29 is 19.1 Å². The molecule has 0 radical (unpaired) electrons. The Morgan fingerprint density at radius 3 is 2.83 bits per heavy atom. The first-order valence-electron chi connectivity index (χ1n) is 10.5. The molecule has 0 N–H and O–H groups in total. The van der Waals surface area contributed by atoms with E-state index in [1.54, 1.807) is 12.3 Å². The van der Waals surface area contributed by atoms with Gasteiger partial charge in [-0.2, -0.15) is 0 Å². The number of aromatic nitrogens is 1. The molecule has 1 fully saturated rings. The first kappa shape index (κ1) is 22.2. The van der Waals surface area contributed by atoms with Crippen LogP contribution in [0, 0.1) is 0 Å². The molecule has 0 spiro atoms. The Morgan fingerprint density at radius 1 is 1.27 bits per heavy atom. The van der Waals surface area contributed by atoms with Crippen LogP contribution in [0.15, 0.2) is 35.7 Å². The number of rotatable bonds is 11. The third-order valence-corrected chi connectivity index (χ3v) is 6.19. The van der Waals surface area contributed by atoms with Crippen LogP contribution in [0.25, 0.3) is 0 Å². The molecule has 7 heteroatoms. The van der Waals surface area contributed by atoms with Gasteiger partial charge in [0.1, 0.15) is 5.78 Å². The lowest BCUT2D eigenvalue weighted by Gasteiger charge is -2.24. The first-order chi connectivity index (χ1) is 14.6. The number of thiazole rings is 1. The fourth-order valence-corrected chi connectivity index (χ4v) is 4.58. The summed E-state index contributed by atoms with van der Waals surface area (Å²) in [6.07, 6.45) is 4.56. The second kappa shape index (κ2) is 11.0. The van der Waals surface area contributed by atoms with E-state index >= 15 is 0 Å². The van der Waals surface area contributed by atoms with Crippen molar-refractivity contribution in [3.8, 4) is 0 Å². The average molecular weight is 429 g/mol. The zero-order valence-corrected chi connectivity index (χ0v) is 18.2. The van der Waals surface area contributed by atoms with Gasteiger partial charge < -0.3 is 9.64 Å². The molecule has 1 aliphatic rings. The summed E-state index contributed by atoms with van der Waals surface area (Å²) in [6.45, 7) is 2.76. The Morgan fingerprint density at radius 2 is 2.07 bits per heavy atom. The van der Waals surface area contributed by atoms with E-state index in [1.807, 2.05) is 35.2 Å². The molecule has 2 heterocycles. The summed E-state index contributed by atoms with van der Waals surface area (Å²) >= 11 is 1.44. The van der Waals surface area contributed by atoms with E-state index < -0.39 is 5.97 Å². The molecule has 30 heavy (non-hydrogen) atoms. The van der Waals surface area contributed by atoms with Crippen molar-refractivity contribution in [2.45, 2.75) is 57.9 Å². The zero-order chi connectivity index (χ0) is 21.3. The lowest BCUT2D eigenvalue weighted by molar-refractivity contribution is -0.129. The number of amides is 1. The molecule has 6 nitrogen and oxygen atoms in total. The topological polar surface area (TPSA) is 76.6 Å². The fourth-order valence-electron chi connectivity index (χ4n) is 3.77. The summed E-state index contributed by atoms with van der Waals surface area (Å²) in [4.78, 5) is 42.6. The van der Waals surface area contributed by atoms with Gasteiger partial charge in [-0.25, -0.2) is 9.78 Å². The standard InChI is InChI=1S/C23H28N2O4S/c1-2-29-23(28)20-16-30-21(24-20)9-6-14-25-18(11-13-22(25)27)10-12-19(26)15-17-7-4-3-5-8-17/h3-5,7-8,16,18H,2,6,9-15H2,1H3/t18-/m0/s1. The predicted octanol–water partition coefficient (Wildman–Crippen LogP) is 3.84. The normalized spacial score (nSPS) is 16.1. The van der Waals surface area contributed by atoms with Crippen molar-refractivity contribution in [3.63, 3.8) is 0 Å². The Hall–Kier alpha value is -2.54. The smallest absolute Gasteiger partial charge is 0.357 e. The van der Waals surface area contributed by atoms with E-state index in [2.05, 4.69) is 4.98 Å². The van der Waals surface area contributed by atoms with Crippen LogP contribution in [0.1, 0.15) is 60.1 Å². The molecule has 0 bridgehead atoms. The molecule has 1 aromatic heterocycles. The van der Waals surface area contributed by atoms with Gasteiger partial charge in [0, 0.05) is 43.6 Å². The van der Waals surface area contributed by atoms with Gasteiger partial charge >= 0.3 is 5.97 Å². The molecule has 0 unspecified atom stereocenters. The summed E-state index contributed by atoms with van der Waals surface area (Å²) in [7, 11) is 0. The molecule has 160 valence electrons. The van der Waals surface area contributed by atoms with Gasteiger partial charge in [0.2, 0.25) is 5.91 Å². The molecule has 1 aliphatic heterocycles. The van der Waals surface area contributed by atoms with Gasteiger partial charge in [-0.3, -0.25) is 9.59 Å². The molecular weight excluding hydrogens is 400 g/mol. The van der Waals surface area contributed by atoms with Crippen molar-refractivity contribution in [1.29, 1.82) is 0 Å². The number of nitrogens with zero attached hydrogens (tertiary/aromatic N) is 2. The van der Waals surface area contributed by atoms with Crippen LogP contribution in [0.5, 0.6) is 0 Å². The number of aryl methyl sites for hydroxylation is 1. The number of Topliss-reactive ketones (excluding diaryl/α,β-unsaturated/α-hetero) is 1. The number of carbonyl (C=O) groups excluding carboxylic acids is 3. The third-order valence-electron chi connectivity index (χ3n) is 5.28. The Bertz CT molecular complexity index is 865. The highest BCUT2D eigenvalue weighted by Gasteiger charge is 2.30. The molecule has 1 amide bonds. The lowest BCUT2D eigenvalue weighted by Crippen LogP contribution is -2.34. The molecule has 2 aromatic rings. The molecule has 1 aromatic carbocycles. The van der Waals surface area contributed by atoms with Crippen LogP contribution >= 0.6 is 11.3 Å². The number of likely N-dealkylation sites (tertiary alicyclic amines) is 1. The second-order valence-electron chi connectivity index (χ2n) is 7.47. The minimum atomic E-state index is -0.394. The molecule has 1 atom stereocenters. The zero-order valence-electron chi connectivity index (χ0n) is 17.3. The molecule has 0 aliphatic carbocycles. The minimum absolute atomic E-state index is 0.142. The van der Waals surface area contributed by atoms with Gasteiger partial charge in [0.05, 0.1) is 11.6 Å². The third kappa shape index (κ3) is 6.23. The largest absolute Gasteiger partial charge is 0.461 e. The molecule has 0 saturated carbocycles. The van der Waals surface area contributed by atoms with E-state index in [9.17, 15) is 14.4 Å². The summed E-state index contributed by atoms with van der Waals surface area (Å²) in [5.41, 5.74) is 1.39. The van der Waals surface area contributed by atoms with Crippen molar-refractivity contribution in [3.05, 3.63) is 52.0 Å². The summed E-state index contributed by atoms with van der Waals surface area (Å²) in [6, 6.07) is 9.91. The monoisotopic (exact) mass is 428 g/mol. The van der Waals surface area contributed by atoms with E-state index in [0.717, 1.165) is 29.8 Å². The van der Waals surface area contributed by atoms with Crippen LogP contribution < -0.4 is 0 Å². The van der Waals surface area contributed by atoms with Crippen LogP contribution in [0.2, 0.25) is 0 Å². The van der Waals surface area contributed by atoms with E-state index in [0.29, 0.717) is 44.5 Å². The maximum atomic E-state index is 12.3. The van der Waals surface area contributed by atoms with Crippen LogP contribution in [-0.4, -0.2) is 46.7 Å².